The molecule has 0 atom stereocenters. The number of nitrogens with one attached hydrogen (secondary N) is 1. The maximum atomic E-state index is 12.9. The second-order valence-electron chi connectivity index (χ2n) is 7.92. The number of ether oxygens (including phenoxy) is 1. The fourth-order valence-electron chi connectivity index (χ4n) is 4.32. The van der Waals surface area contributed by atoms with E-state index in [1.165, 1.54) is 12.0 Å². The molecular formula is C22H26N4O6. The topological polar surface area (TPSA) is 119 Å². The minimum Gasteiger partial charge on any atom is -0.466 e. The summed E-state index contributed by atoms with van der Waals surface area (Å²) < 4.78 is 4.84. The lowest BCUT2D eigenvalue weighted by molar-refractivity contribution is -0.136. The number of hydrogen-bond donors (Lipinski definition) is 2. The zero-order chi connectivity index (χ0) is 22.8. The van der Waals surface area contributed by atoms with Gasteiger partial charge >= 0.3 is 5.97 Å². The summed E-state index contributed by atoms with van der Waals surface area (Å²) in [6, 6.07) is 5.25. The summed E-state index contributed by atoms with van der Waals surface area (Å²) in [6.45, 7) is 1.01. The predicted octanol–water partition coefficient (Wildman–Crippen LogP) is 0.614. The smallest absolute Gasteiger partial charge is 0.337 e. The third-order valence-corrected chi connectivity index (χ3v) is 5.94. The van der Waals surface area contributed by atoms with Crippen LogP contribution in [0.5, 0.6) is 0 Å². The zero-order valence-electron chi connectivity index (χ0n) is 17.9. The molecule has 10 nitrogen and oxygen atoms in total. The van der Waals surface area contributed by atoms with Gasteiger partial charge in [0.05, 0.1) is 37.2 Å². The van der Waals surface area contributed by atoms with Crippen LogP contribution in [0.2, 0.25) is 0 Å². The molecule has 0 unspecified atom stereocenters. The Morgan fingerprint density at radius 2 is 1.78 bits per heavy atom. The van der Waals surface area contributed by atoms with Crippen LogP contribution >= 0.6 is 0 Å². The molecule has 4 rings (SSSR count). The van der Waals surface area contributed by atoms with Crippen molar-refractivity contribution >= 4 is 40.8 Å². The third-order valence-electron chi connectivity index (χ3n) is 5.94. The number of amides is 3. The highest BCUT2D eigenvalue weighted by Gasteiger charge is 2.35. The molecule has 3 heterocycles. The predicted molar refractivity (Wildman–Crippen MR) is 116 cm³/mol. The molecule has 0 saturated carbocycles. The number of hydrogen-bond acceptors (Lipinski definition) is 7. The number of benzene rings is 1. The van der Waals surface area contributed by atoms with E-state index in [9.17, 15) is 24.3 Å². The van der Waals surface area contributed by atoms with Gasteiger partial charge in [-0.25, -0.2) is 4.79 Å². The van der Waals surface area contributed by atoms with Crippen LogP contribution in [0.25, 0.3) is 0 Å². The van der Waals surface area contributed by atoms with Crippen molar-refractivity contribution in [3.63, 3.8) is 0 Å². The van der Waals surface area contributed by atoms with Crippen molar-refractivity contribution in [2.75, 3.05) is 55.0 Å². The highest BCUT2D eigenvalue weighted by molar-refractivity contribution is 6.10. The minimum atomic E-state index is -0.639. The van der Waals surface area contributed by atoms with Crippen LogP contribution in [0, 0.1) is 0 Å². The molecule has 2 fully saturated rings. The van der Waals surface area contributed by atoms with Crippen LogP contribution in [0.15, 0.2) is 29.5 Å². The first-order chi connectivity index (χ1) is 15.4. The van der Waals surface area contributed by atoms with E-state index < -0.39 is 11.9 Å². The lowest BCUT2D eigenvalue weighted by atomic mass is 10.1. The van der Waals surface area contributed by atoms with Crippen LogP contribution in [-0.4, -0.2) is 73.6 Å². The van der Waals surface area contributed by atoms with Crippen molar-refractivity contribution in [3.05, 3.63) is 29.5 Å². The Morgan fingerprint density at radius 3 is 2.38 bits per heavy atom. The lowest BCUT2D eigenvalue weighted by Gasteiger charge is -2.24. The van der Waals surface area contributed by atoms with E-state index in [0.29, 0.717) is 49.4 Å². The highest BCUT2D eigenvalue weighted by atomic mass is 16.5. The maximum absolute atomic E-state index is 12.9. The standard InChI is InChI=1S/C22H26N4O6/c1-32-22(31)15-13-24(10-11-27)21(30)20(15)23-16-7-6-14(25-8-2-4-18(25)28)12-17(16)26-9-3-5-19(26)29/h6-7,12,23,27H,2-5,8-11,13H2,1H3. The van der Waals surface area contributed by atoms with Crippen molar-refractivity contribution in [2.45, 2.75) is 25.7 Å². The second kappa shape index (κ2) is 8.99. The fraction of sp³-hybridized carbons (Fsp3) is 0.455. The van der Waals surface area contributed by atoms with Crippen LogP contribution in [0.1, 0.15) is 25.7 Å². The SMILES string of the molecule is COC(=O)C1=C(Nc2ccc(N3CCCC3=O)cc2N2CCCC2=O)C(=O)N(CCO)C1. The van der Waals surface area contributed by atoms with Crippen molar-refractivity contribution in [1.82, 2.24) is 4.90 Å². The fourth-order valence-corrected chi connectivity index (χ4v) is 4.32. The van der Waals surface area contributed by atoms with Crippen molar-refractivity contribution < 1.29 is 29.0 Å². The molecule has 2 N–H and O–H groups in total. The van der Waals surface area contributed by atoms with E-state index in [0.717, 1.165) is 6.42 Å². The number of carbonyl (C=O) groups is 4. The van der Waals surface area contributed by atoms with E-state index in [-0.39, 0.29) is 42.8 Å². The Bertz CT molecular complexity index is 1000. The molecule has 3 amide bonds. The van der Waals surface area contributed by atoms with Gasteiger partial charge in [-0.3, -0.25) is 14.4 Å². The van der Waals surface area contributed by atoms with Gasteiger partial charge < -0.3 is 29.9 Å². The summed E-state index contributed by atoms with van der Waals surface area (Å²) >= 11 is 0. The second-order valence-corrected chi connectivity index (χ2v) is 7.92. The normalized spacial score (nSPS) is 18.9. The Kier molecular flexibility index (Phi) is 6.13. The molecular weight excluding hydrogens is 416 g/mol. The Labute approximate surface area is 185 Å². The summed E-state index contributed by atoms with van der Waals surface area (Å²) in [4.78, 5) is 54.6. The van der Waals surface area contributed by atoms with Gasteiger partial charge in [0, 0.05) is 38.2 Å². The van der Waals surface area contributed by atoms with Gasteiger partial charge in [-0.15, -0.1) is 0 Å². The van der Waals surface area contributed by atoms with Crippen LogP contribution in [-0.2, 0) is 23.9 Å². The van der Waals surface area contributed by atoms with Gasteiger partial charge in [0.15, 0.2) is 0 Å². The molecule has 0 radical (unpaired) electrons. The van der Waals surface area contributed by atoms with E-state index in [1.54, 1.807) is 28.0 Å². The first-order valence-corrected chi connectivity index (χ1v) is 10.7. The Balaban J connectivity index is 1.73. The first-order valence-electron chi connectivity index (χ1n) is 10.7. The van der Waals surface area contributed by atoms with Gasteiger partial charge in [0.25, 0.3) is 5.91 Å². The largest absolute Gasteiger partial charge is 0.466 e. The number of methoxy groups -OCH3 is 1. The quantitative estimate of drug-likeness (QED) is 0.594. The number of anilines is 3. The molecule has 10 heteroatoms. The van der Waals surface area contributed by atoms with E-state index >= 15 is 0 Å². The summed E-state index contributed by atoms with van der Waals surface area (Å²) in [5.41, 5.74) is 1.93. The first kappa shape index (κ1) is 21.8. The maximum Gasteiger partial charge on any atom is 0.337 e. The van der Waals surface area contributed by atoms with Crippen molar-refractivity contribution in [2.24, 2.45) is 0 Å². The monoisotopic (exact) mass is 442 g/mol. The van der Waals surface area contributed by atoms with Crippen LogP contribution < -0.4 is 15.1 Å². The van der Waals surface area contributed by atoms with Gasteiger partial charge in [0.2, 0.25) is 11.8 Å². The molecule has 0 aliphatic carbocycles. The number of rotatable bonds is 7. The number of aliphatic hydroxyl groups excluding tert-OH is 1. The highest BCUT2D eigenvalue weighted by Crippen LogP contribution is 2.36. The molecule has 0 bridgehead atoms. The number of β-amino-alcohol motifs (C(OH)–C–C–N with tert-alkyl or cyclic N) is 1. The summed E-state index contributed by atoms with van der Waals surface area (Å²) in [6.07, 6.45) is 2.40. The molecule has 0 spiro atoms. The third kappa shape index (κ3) is 3.93. The van der Waals surface area contributed by atoms with E-state index in [4.69, 9.17) is 4.74 Å². The number of nitrogens with zero attached hydrogens (tertiary/aromatic N) is 3. The summed E-state index contributed by atoms with van der Waals surface area (Å²) in [5.74, 6) is -1.08. The molecule has 1 aromatic carbocycles. The average molecular weight is 442 g/mol. The number of esters is 1. The van der Waals surface area contributed by atoms with Crippen LogP contribution in [0.4, 0.5) is 17.1 Å². The molecule has 2 saturated heterocycles. The minimum absolute atomic E-state index is 0.0206. The molecule has 32 heavy (non-hydrogen) atoms. The molecule has 3 aliphatic rings. The van der Waals surface area contributed by atoms with Gasteiger partial charge in [-0.1, -0.05) is 0 Å². The molecule has 0 aromatic heterocycles. The average Bonchev–Trinajstić information content (AvgIpc) is 3.49. The van der Waals surface area contributed by atoms with Gasteiger partial charge in [0.1, 0.15) is 5.70 Å². The number of aliphatic hydroxyl groups is 1. The molecule has 3 aliphatic heterocycles. The summed E-state index contributed by atoms with van der Waals surface area (Å²) in [5, 5.41) is 12.3. The van der Waals surface area contributed by atoms with Crippen molar-refractivity contribution in [1.29, 1.82) is 0 Å². The van der Waals surface area contributed by atoms with E-state index in [2.05, 4.69) is 5.32 Å². The zero-order valence-corrected chi connectivity index (χ0v) is 17.9. The summed E-state index contributed by atoms with van der Waals surface area (Å²) in [7, 11) is 1.24. The van der Waals surface area contributed by atoms with Gasteiger partial charge in [-0.2, -0.15) is 0 Å². The van der Waals surface area contributed by atoms with Gasteiger partial charge in [-0.05, 0) is 31.0 Å². The molecule has 170 valence electrons. The van der Waals surface area contributed by atoms with Crippen molar-refractivity contribution in [3.8, 4) is 0 Å². The lowest BCUT2D eigenvalue weighted by Crippen LogP contribution is -2.31. The van der Waals surface area contributed by atoms with Crippen LogP contribution in [0.3, 0.4) is 0 Å². The number of carbonyl (C=O) groups excluding carboxylic acids is 4. The molecule has 1 aromatic rings. The van der Waals surface area contributed by atoms with E-state index in [1.807, 2.05) is 0 Å². The Hall–Kier alpha value is -3.40. The Morgan fingerprint density at radius 1 is 1.09 bits per heavy atom.